The fourth-order valence-corrected chi connectivity index (χ4v) is 2.44. The number of nitrogens with one attached hydrogen (secondary N) is 1. The number of aryl methyl sites for hydroxylation is 1. The molecule has 0 aliphatic heterocycles. The molecule has 0 unspecified atom stereocenters. The largest absolute Gasteiger partial charge is 0.380 e. The molecule has 1 aromatic carbocycles. The van der Waals surface area contributed by atoms with Crippen molar-refractivity contribution in [3.05, 3.63) is 52.3 Å². The van der Waals surface area contributed by atoms with Gasteiger partial charge in [-0.1, -0.05) is 6.92 Å². The Bertz CT molecular complexity index is 596. The highest BCUT2D eigenvalue weighted by Gasteiger charge is 2.02. The van der Waals surface area contributed by atoms with Crippen molar-refractivity contribution in [2.24, 2.45) is 0 Å². The average molecular weight is 318 g/mol. The molecule has 19 heavy (non-hydrogen) atoms. The lowest BCUT2D eigenvalue weighted by Crippen LogP contribution is -1.99. The molecule has 0 saturated heterocycles. The highest BCUT2D eigenvalue weighted by Crippen LogP contribution is 2.24. The van der Waals surface area contributed by atoms with Crippen molar-refractivity contribution in [1.29, 1.82) is 5.26 Å². The van der Waals surface area contributed by atoms with Crippen LogP contribution in [0.4, 0.5) is 5.69 Å². The molecular formula is C15H16BrN3. The fraction of sp³-hybridized carbons (Fsp3) is 0.267. The van der Waals surface area contributed by atoms with Crippen LogP contribution in [0.25, 0.3) is 0 Å². The van der Waals surface area contributed by atoms with Gasteiger partial charge in [0.25, 0.3) is 0 Å². The van der Waals surface area contributed by atoms with Gasteiger partial charge in [0.1, 0.15) is 0 Å². The van der Waals surface area contributed by atoms with Crippen molar-refractivity contribution in [1.82, 2.24) is 4.57 Å². The van der Waals surface area contributed by atoms with Crippen molar-refractivity contribution >= 4 is 21.6 Å². The van der Waals surface area contributed by atoms with Gasteiger partial charge in [0, 0.05) is 35.6 Å². The Morgan fingerprint density at radius 2 is 2.21 bits per heavy atom. The second-order valence-corrected chi connectivity index (χ2v) is 5.27. The van der Waals surface area contributed by atoms with E-state index in [-0.39, 0.29) is 0 Å². The predicted octanol–water partition coefficient (Wildman–Crippen LogP) is 4.14. The van der Waals surface area contributed by atoms with Gasteiger partial charge in [0.05, 0.1) is 11.6 Å². The number of hydrogen-bond acceptors (Lipinski definition) is 2. The van der Waals surface area contributed by atoms with Crippen LogP contribution in [0.1, 0.15) is 24.5 Å². The van der Waals surface area contributed by atoms with E-state index < -0.39 is 0 Å². The van der Waals surface area contributed by atoms with Crippen LogP contribution in [-0.2, 0) is 13.1 Å². The Hall–Kier alpha value is -1.73. The van der Waals surface area contributed by atoms with Gasteiger partial charge in [-0.3, -0.25) is 0 Å². The van der Waals surface area contributed by atoms with E-state index in [0.717, 1.165) is 29.7 Å². The van der Waals surface area contributed by atoms with E-state index in [2.05, 4.69) is 57.3 Å². The zero-order chi connectivity index (χ0) is 13.7. The average Bonchev–Trinajstić information content (AvgIpc) is 2.85. The van der Waals surface area contributed by atoms with E-state index in [9.17, 15) is 0 Å². The summed E-state index contributed by atoms with van der Waals surface area (Å²) in [6.45, 7) is 4.01. The molecule has 0 aliphatic rings. The van der Waals surface area contributed by atoms with Crippen LogP contribution in [0.2, 0.25) is 0 Å². The van der Waals surface area contributed by atoms with Crippen molar-refractivity contribution in [2.75, 3.05) is 5.32 Å². The lowest BCUT2D eigenvalue weighted by Gasteiger charge is -2.07. The Labute approximate surface area is 122 Å². The first-order valence-corrected chi connectivity index (χ1v) is 7.10. The van der Waals surface area contributed by atoms with Gasteiger partial charge < -0.3 is 9.88 Å². The molecule has 0 bridgehead atoms. The number of anilines is 1. The summed E-state index contributed by atoms with van der Waals surface area (Å²) in [5.74, 6) is 0. The molecule has 0 aliphatic carbocycles. The Kier molecular flexibility index (Phi) is 4.64. The first kappa shape index (κ1) is 13.7. The second-order valence-electron chi connectivity index (χ2n) is 4.42. The summed E-state index contributed by atoms with van der Waals surface area (Å²) < 4.78 is 3.12. The first-order valence-electron chi connectivity index (χ1n) is 6.31. The molecule has 0 spiro atoms. The summed E-state index contributed by atoms with van der Waals surface area (Å²) in [5, 5.41) is 12.2. The van der Waals surface area contributed by atoms with Gasteiger partial charge in [0.2, 0.25) is 0 Å². The minimum absolute atomic E-state index is 0.659. The highest BCUT2D eigenvalue weighted by atomic mass is 79.9. The van der Waals surface area contributed by atoms with Crippen LogP contribution < -0.4 is 5.32 Å². The van der Waals surface area contributed by atoms with Gasteiger partial charge >= 0.3 is 0 Å². The predicted molar refractivity (Wildman–Crippen MR) is 80.9 cm³/mol. The molecular weight excluding hydrogens is 302 g/mol. The maximum Gasteiger partial charge on any atom is 0.0992 e. The minimum atomic E-state index is 0.659. The van der Waals surface area contributed by atoms with Crippen LogP contribution in [-0.4, -0.2) is 4.57 Å². The van der Waals surface area contributed by atoms with Crippen LogP contribution in [0.15, 0.2) is 41.1 Å². The summed E-state index contributed by atoms with van der Waals surface area (Å²) in [5.41, 5.74) is 2.92. The molecule has 0 amide bonds. The molecule has 4 heteroatoms. The molecule has 1 N–H and O–H groups in total. The van der Waals surface area contributed by atoms with Crippen molar-refractivity contribution < 1.29 is 0 Å². The summed E-state index contributed by atoms with van der Waals surface area (Å²) in [6.07, 6.45) is 5.41. The van der Waals surface area contributed by atoms with Crippen LogP contribution in [0.3, 0.4) is 0 Å². The SMILES string of the molecule is CCCn1ccc(CNc2ccc(C#N)cc2Br)c1. The standard InChI is InChI=1S/C15H16BrN3/c1-2-6-19-7-5-13(11-19)10-18-15-4-3-12(9-17)8-14(15)16/h3-5,7-8,11,18H,2,6,10H2,1H3. The summed E-state index contributed by atoms with van der Waals surface area (Å²) >= 11 is 3.47. The number of aromatic nitrogens is 1. The number of nitriles is 1. The Morgan fingerprint density at radius 1 is 1.37 bits per heavy atom. The first-order chi connectivity index (χ1) is 9.22. The zero-order valence-electron chi connectivity index (χ0n) is 10.9. The molecule has 2 rings (SSSR count). The third-order valence-electron chi connectivity index (χ3n) is 2.87. The molecule has 0 radical (unpaired) electrons. The van der Waals surface area contributed by atoms with Crippen LogP contribution in [0.5, 0.6) is 0 Å². The third kappa shape index (κ3) is 3.62. The lowest BCUT2D eigenvalue weighted by molar-refractivity contribution is 0.681. The molecule has 98 valence electrons. The van der Waals surface area contributed by atoms with E-state index in [0.29, 0.717) is 5.56 Å². The van der Waals surface area contributed by atoms with E-state index in [1.807, 2.05) is 18.2 Å². The molecule has 0 atom stereocenters. The monoisotopic (exact) mass is 317 g/mol. The van der Waals surface area contributed by atoms with Gasteiger partial charge in [-0.15, -0.1) is 0 Å². The number of nitrogens with zero attached hydrogens (tertiary/aromatic N) is 2. The van der Waals surface area contributed by atoms with Crippen molar-refractivity contribution in [2.45, 2.75) is 26.4 Å². The molecule has 2 aromatic rings. The Balaban J connectivity index is 2.00. The number of hydrogen-bond donors (Lipinski definition) is 1. The lowest BCUT2D eigenvalue weighted by atomic mass is 10.2. The van der Waals surface area contributed by atoms with Gasteiger partial charge in [-0.25, -0.2) is 0 Å². The minimum Gasteiger partial charge on any atom is -0.380 e. The third-order valence-corrected chi connectivity index (χ3v) is 3.53. The maximum absolute atomic E-state index is 8.82. The number of rotatable bonds is 5. The normalized spacial score (nSPS) is 10.2. The molecule has 0 saturated carbocycles. The summed E-state index contributed by atoms with van der Waals surface area (Å²) in [7, 11) is 0. The van der Waals surface area contributed by atoms with Crippen LogP contribution in [0, 0.1) is 11.3 Å². The molecule has 3 nitrogen and oxygen atoms in total. The summed E-state index contributed by atoms with van der Waals surface area (Å²) in [6, 6.07) is 9.81. The van der Waals surface area contributed by atoms with Crippen molar-refractivity contribution in [3.63, 3.8) is 0 Å². The maximum atomic E-state index is 8.82. The smallest absolute Gasteiger partial charge is 0.0992 e. The Morgan fingerprint density at radius 3 is 2.89 bits per heavy atom. The molecule has 1 heterocycles. The van der Waals surface area contributed by atoms with Crippen molar-refractivity contribution in [3.8, 4) is 6.07 Å². The summed E-state index contributed by atoms with van der Waals surface area (Å²) in [4.78, 5) is 0. The number of benzene rings is 1. The topological polar surface area (TPSA) is 40.8 Å². The second kappa shape index (κ2) is 6.44. The van der Waals surface area contributed by atoms with E-state index in [4.69, 9.17) is 5.26 Å². The van der Waals surface area contributed by atoms with Gasteiger partial charge in [-0.05, 0) is 52.2 Å². The zero-order valence-corrected chi connectivity index (χ0v) is 12.4. The van der Waals surface area contributed by atoms with E-state index in [1.165, 1.54) is 5.56 Å². The van der Waals surface area contributed by atoms with Gasteiger partial charge in [-0.2, -0.15) is 5.26 Å². The fourth-order valence-electron chi connectivity index (χ4n) is 1.92. The quantitative estimate of drug-likeness (QED) is 0.900. The molecule has 0 fully saturated rings. The number of halogens is 1. The highest BCUT2D eigenvalue weighted by molar-refractivity contribution is 9.10. The van der Waals surface area contributed by atoms with E-state index in [1.54, 1.807) is 0 Å². The molecule has 1 aromatic heterocycles. The van der Waals surface area contributed by atoms with Crippen LogP contribution >= 0.6 is 15.9 Å². The van der Waals surface area contributed by atoms with E-state index >= 15 is 0 Å². The van der Waals surface area contributed by atoms with Gasteiger partial charge in [0.15, 0.2) is 0 Å².